The molecule has 1 N–H and O–H groups in total. The van der Waals surface area contributed by atoms with Gasteiger partial charge in [-0.25, -0.2) is 4.98 Å². The third kappa shape index (κ3) is 6.87. The van der Waals surface area contributed by atoms with Gasteiger partial charge in [0.25, 0.3) is 5.56 Å². The van der Waals surface area contributed by atoms with Crippen molar-refractivity contribution in [1.29, 1.82) is 0 Å². The maximum absolute atomic E-state index is 13.3. The maximum Gasteiger partial charge on any atom is 0.433 e. The first-order valence-electron chi connectivity index (χ1n) is 9.49. The van der Waals surface area contributed by atoms with E-state index in [0.717, 1.165) is 17.4 Å². The fourth-order valence-electron chi connectivity index (χ4n) is 2.87. The summed E-state index contributed by atoms with van der Waals surface area (Å²) in [5.74, 6) is -0.834. The van der Waals surface area contributed by atoms with Gasteiger partial charge in [0, 0.05) is 12.6 Å². The lowest BCUT2D eigenvalue weighted by atomic mass is 10.1. The van der Waals surface area contributed by atoms with Crippen molar-refractivity contribution in [3.8, 4) is 0 Å². The number of hydrogen-bond donors (Lipinski definition) is 1. The third-order valence-corrected chi connectivity index (χ3v) is 5.34. The number of nitrogens with one attached hydrogen (secondary N) is 1. The Morgan fingerprint density at radius 3 is 2.06 bits per heavy atom. The number of rotatable bonds is 7. The molecule has 0 aliphatic carbocycles. The molecule has 0 saturated carbocycles. The van der Waals surface area contributed by atoms with Crippen molar-refractivity contribution in [1.82, 2.24) is 9.55 Å². The fourth-order valence-corrected chi connectivity index (χ4v) is 3.42. The first-order valence-corrected chi connectivity index (χ1v) is 10.3. The Kier molecular flexibility index (Phi) is 8.13. The predicted molar refractivity (Wildman–Crippen MR) is 105 cm³/mol. The van der Waals surface area contributed by atoms with Crippen molar-refractivity contribution in [3.63, 3.8) is 0 Å². The second-order valence-electron chi connectivity index (χ2n) is 7.02. The largest absolute Gasteiger partial charge is 0.433 e. The van der Waals surface area contributed by atoms with Gasteiger partial charge in [0.1, 0.15) is 0 Å². The normalized spacial score (nSPS) is 12.8. The van der Waals surface area contributed by atoms with Crippen LogP contribution in [0, 0.1) is 0 Å². The van der Waals surface area contributed by atoms with Gasteiger partial charge in [0.05, 0.1) is 21.3 Å². The Labute approximate surface area is 189 Å². The van der Waals surface area contributed by atoms with E-state index in [1.807, 2.05) is 6.92 Å². The van der Waals surface area contributed by atoms with Gasteiger partial charge in [-0.3, -0.25) is 9.36 Å². The number of halogens is 10. The molecule has 0 aliphatic rings. The molecule has 184 valence electrons. The fraction of sp³-hybridized carbons (Fsp3) is 0.474. The van der Waals surface area contributed by atoms with Crippen LogP contribution >= 0.6 is 15.9 Å². The summed E-state index contributed by atoms with van der Waals surface area (Å²) in [5, 5.41) is 2.07. The Hall–Kier alpha value is -2.25. The lowest BCUT2D eigenvalue weighted by molar-refractivity contribution is -0.143. The van der Waals surface area contributed by atoms with E-state index in [0.29, 0.717) is 12.8 Å². The highest BCUT2D eigenvalue weighted by atomic mass is 79.9. The Morgan fingerprint density at radius 2 is 1.55 bits per heavy atom. The Bertz CT molecular complexity index is 1040. The molecule has 0 amide bonds. The molecule has 0 saturated heterocycles. The second kappa shape index (κ2) is 9.94. The van der Waals surface area contributed by atoms with E-state index < -0.39 is 57.0 Å². The number of alkyl halides is 9. The zero-order valence-electron chi connectivity index (χ0n) is 16.8. The van der Waals surface area contributed by atoms with Gasteiger partial charge >= 0.3 is 18.5 Å². The van der Waals surface area contributed by atoms with Crippen LogP contribution in [0.4, 0.5) is 51.1 Å². The third-order valence-electron chi connectivity index (χ3n) is 4.49. The molecule has 0 bridgehead atoms. The van der Waals surface area contributed by atoms with E-state index in [1.165, 1.54) is 0 Å². The topological polar surface area (TPSA) is 46.9 Å². The smallest absolute Gasteiger partial charge is 0.324 e. The number of nitrogens with zero attached hydrogens (tertiary/aromatic N) is 2. The minimum absolute atomic E-state index is 0.132. The van der Waals surface area contributed by atoms with Gasteiger partial charge in [-0.1, -0.05) is 26.2 Å². The van der Waals surface area contributed by atoms with Crippen LogP contribution in [-0.2, 0) is 25.1 Å². The first-order chi connectivity index (χ1) is 15.1. The average molecular weight is 554 g/mol. The molecule has 0 radical (unpaired) electrons. The molecule has 0 spiro atoms. The van der Waals surface area contributed by atoms with Gasteiger partial charge in [-0.2, -0.15) is 39.5 Å². The van der Waals surface area contributed by atoms with Crippen molar-refractivity contribution < 1.29 is 39.5 Å². The highest BCUT2D eigenvalue weighted by Gasteiger charge is 2.40. The lowest BCUT2D eigenvalue weighted by Crippen LogP contribution is -2.27. The van der Waals surface area contributed by atoms with E-state index in [1.54, 1.807) is 0 Å². The molecular formula is C19H17BrF9N3O. The average Bonchev–Trinajstić information content (AvgIpc) is 2.65. The molecule has 0 fully saturated rings. The first kappa shape index (κ1) is 27.0. The van der Waals surface area contributed by atoms with Crippen molar-refractivity contribution in [3.05, 3.63) is 49.8 Å². The molecule has 2 rings (SSSR count). The molecule has 0 aliphatic heterocycles. The maximum atomic E-state index is 13.3. The highest BCUT2D eigenvalue weighted by molar-refractivity contribution is 9.10. The summed E-state index contributed by atoms with van der Waals surface area (Å²) in [5.41, 5.74) is -7.05. The van der Waals surface area contributed by atoms with Crippen LogP contribution in [0.1, 0.15) is 49.4 Å². The molecule has 0 unspecified atom stereocenters. The standard InChI is InChI=1S/C19H17BrF9N3O/c1-2-3-4-5-6-32-14(33)9-13(19(27,28)29)31-16(32)30-12-8-10(17(21,22)23)7-11(15(12)20)18(24,25)26/h7-9H,2-6H2,1H3,(H,30,31). The summed E-state index contributed by atoms with van der Waals surface area (Å²) in [6, 6.07) is 0.368. The van der Waals surface area contributed by atoms with Crippen molar-refractivity contribution in [2.75, 3.05) is 5.32 Å². The van der Waals surface area contributed by atoms with Crippen molar-refractivity contribution in [2.45, 2.75) is 57.7 Å². The van der Waals surface area contributed by atoms with E-state index >= 15 is 0 Å². The van der Waals surface area contributed by atoms with Crippen molar-refractivity contribution >= 4 is 27.6 Å². The summed E-state index contributed by atoms with van der Waals surface area (Å²) in [6.45, 7) is 1.75. The second-order valence-corrected chi connectivity index (χ2v) is 7.81. The van der Waals surface area contributed by atoms with E-state index in [9.17, 15) is 44.3 Å². The number of aromatic nitrogens is 2. The van der Waals surface area contributed by atoms with Gasteiger partial charge < -0.3 is 5.32 Å². The summed E-state index contributed by atoms with van der Waals surface area (Å²) in [7, 11) is 0. The number of hydrogen-bond acceptors (Lipinski definition) is 3. The summed E-state index contributed by atoms with van der Waals surface area (Å²) < 4.78 is 119. The molecule has 14 heteroatoms. The van der Waals surface area contributed by atoms with Gasteiger partial charge in [0.15, 0.2) is 5.69 Å². The molecule has 1 aromatic carbocycles. The number of anilines is 2. The van der Waals surface area contributed by atoms with E-state index in [4.69, 9.17) is 0 Å². The van der Waals surface area contributed by atoms with Crippen LogP contribution in [0.15, 0.2) is 27.5 Å². The molecule has 33 heavy (non-hydrogen) atoms. The van der Waals surface area contributed by atoms with Crippen LogP contribution in [0.3, 0.4) is 0 Å². The minimum atomic E-state index is -5.21. The number of unbranched alkanes of at least 4 members (excludes halogenated alkanes) is 3. The highest BCUT2D eigenvalue weighted by Crippen LogP contribution is 2.43. The molecule has 1 aromatic heterocycles. The zero-order valence-corrected chi connectivity index (χ0v) is 18.4. The number of benzene rings is 1. The molecular weight excluding hydrogens is 537 g/mol. The van der Waals surface area contributed by atoms with Gasteiger partial charge in [-0.15, -0.1) is 0 Å². The molecule has 1 heterocycles. The summed E-state index contributed by atoms with van der Waals surface area (Å²) in [6.07, 6.45) is -13.0. The van der Waals surface area contributed by atoms with E-state index in [-0.39, 0.29) is 24.7 Å². The Balaban J connectivity index is 2.66. The van der Waals surface area contributed by atoms with Gasteiger partial charge in [-0.05, 0) is 34.5 Å². The van der Waals surface area contributed by atoms with Crippen LogP contribution in [0.5, 0.6) is 0 Å². The molecule has 2 aromatic rings. The molecule has 4 nitrogen and oxygen atoms in total. The van der Waals surface area contributed by atoms with Gasteiger partial charge in [0.2, 0.25) is 5.95 Å². The predicted octanol–water partition coefficient (Wildman–Crippen LogP) is 7.39. The quantitative estimate of drug-likeness (QED) is 0.287. The van der Waals surface area contributed by atoms with E-state index in [2.05, 4.69) is 26.2 Å². The van der Waals surface area contributed by atoms with Crippen LogP contribution in [0.2, 0.25) is 0 Å². The minimum Gasteiger partial charge on any atom is -0.324 e. The lowest BCUT2D eigenvalue weighted by Gasteiger charge is -2.20. The van der Waals surface area contributed by atoms with Crippen LogP contribution < -0.4 is 10.9 Å². The zero-order chi connectivity index (χ0) is 25.2. The SMILES string of the molecule is CCCCCCn1c(Nc2cc(C(F)(F)F)cc(C(F)(F)F)c2Br)nc(C(F)(F)F)cc1=O. The molecule has 0 atom stereocenters. The summed E-state index contributed by atoms with van der Waals surface area (Å²) in [4.78, 5) is 15.6. The van der Waals surface area contributed by atoms with Crippen LogP contribution in [0.25, 0.3) is 0 Å². The van der Waals surface area contributed by atoms with Crippen LogP contribution in [-0.4, -0.2) is 9.55 Å². The van der Waals surface area contributed by atoms with Crippen molar-refractivity contribution in [2.24, 2.45) is 0 Å². The monoisotopic (exact) mass is 553 g/mol. The summed E-state index contributed by atoms with van der Waals surface area (Å²) >= 11 is 2.56. The Morgan fingerprint density at radius 1 is 0.909 bits per heavy atom.